The van der Waals surface area contributed by atoms with Crippen molar-refractivity contribution in [3.05, 3.63) is 12.4 Å². The Morgan fingerprint density at radius 3 is 2.52 bits per heavy atom. The molecule has 21 heteroatoms. The van der Waals surface area contributed by atoms with E-state index in [4.69, 9.17) is 25.2 Å². The molecule has 2 aromatic rings. The molecule has 3 heterocycles. The molecule has 31 heavy (non-hydrogen) atoms. The number of fused-ring (bicyclic) bond motifs is 1. The molecule has 0 radical (unpaired) electrons. The highest BCUT2D eigenvalue weighted by molar-refractivity contribution is 7.66. The van der Waals surface area contributed by atoms with E-state index in [2.05, 4.69) is 28.1 Å². The first-order valence-corrected chi connectivity index (χ1v) is 12.5. The number of ether oxygens (including phenoxy) is 1. The van der Waals surface area contributed by atoms with E-state index in [1.807, 2.05) is 0 Å². The van der Waals surface area contributed by atoms with Gasteiger partial charge >= 0.3 is 29.5 Å². The molecule has 0 spiro atoms. The zero-order valence-electron chi connectivity index (χ0n) is 14.9. The third kappa shape index (κ3) is 6.10. The molecule has 174 valence electrons. The number of halogens is 1. The zero-order chi connectivity index (χ0) is 23.2. The molecule has 1 fully saturated rings. The predicted molar refractivity (Wildman–Crippen MR) is 94.0 cm³/mol. The van der Waals surface area contributed by atoms with Crippen LogP contribution in [0, 0.1) is 6.08 Å². The standard InChI is InChI=1S/C10H15FN5O12P3/c11-10-14-8(12)7-9(15-10)16(3-13-7)6-1-4(17)5(26-6)2-25-30(21,22)28-31(23,24)27-29(18,19)20/h3-6,17H,1-2H2,(H,21,22)(H,23,24)(H2,12,14,15)(H2,18,19,20)/t4-,5+,6+/m0/s1. The summed E-state index contributed by atoms with van der Waals surface area (Å²) < 4.78 is 65.4. The van der Waals surface area contributed by atoms with E-state index in [0.29, 0.717) is 0 Å². The Bertz CT molecular complexity index is 1120. The van der Waals surface area contributed by atoms with Gasteiger partial charge in [-0.25, -0.2) is 18.7 Å². The molecule has 7 N–H and O–H groups in total. The monoisotopic (exact) mass is 509 g/mol. The topological polar surface area (TPSA) is 259 Å². The first-order chi connectivity index (χ1) is 14.2. The van der Waals surface area contributed by atoms with Gasteiger partial charge in [-0.2, -0.15) is 23.0 Å². The van der Waals surface area contributed by atoms with Gasteiger partial charge in [-0.15, -0.1) is 0 Å². The van der Waals surface area contributed by atoms with Crippen molar-refractivity contribution in [1.82, 2.24) is 19.5 Å². The quantitative estimate of drug-likeness (QED) is 0.194. The summed E-state index contributed by atoms with van der Waals surface area (Å²) in [5.41, 5.74) is 5.58. The third-order valence-electron chi connectivity index (χ3n) is 3.75. The average Bonchev–Trinajstić information content (AvgIpc) is 3.13. The highest BCUT2D eigenvalue weighted by Gasteiger charge is 2.43. The second-order valence-electron chi connectivity index (χ2n) is 6.02. The average molecular weight is 509 g/mol. The fourth-order valence-corrected chi connectivity index (χ4v) is 5.66. The summed E-state index contributed by atoms with van der Waals surface area (Å²) in [5, 5.41) is 10.1. The fraction of sp³-hybridized carbons (Fsp3) is 0.500. The van der Waals surface area contributed by atoms with Crippen LogP contribution in [0.2, 0.25) is 0 Å². The van der Waals surface area contributed by atoms with Crippen LogP contribution in [0.1, 0.15) is 12.6 Å². The van der Waals surface area contributed by atoms with Gasteiger partial charge < -0.3 is 35.2 Å². The maximum absolute atomic E-state index is 13.5. The van der Waals surface area contributed by atoms with E-state index < -0.39 is 54.6 Å². The summed E-state index contributed by atoms with van der Waals surface area (Å²) in [6.07, 6.45) is -3.62. The molecular formula is C10H15FN5O12P3. The highest BCUT2D eigenvalue weighted by Crippen LogP contribution is 2.66. The lowest BCUT2D eigenvalue weighted by molar-refractivity contribution is -0.0423. The summed E-state index contributed by atoms with van der Waals surface area (Å²) in [5.74, 6) is -0.232. The maximum Gasteiger partial charge on any atom is 0.490 e. The number of aliphatic hydroxyl groups excluding tert-OH is 1. The molecule has 2 aromatic heterocycles. The molecular weight excluding hydrogens is 494 g/mol. The van der Waals surface area contributed by atoms with Gasteiger partial charge in [-0.3, -0.25) is 9.09 Å². The van der Waals surface area contributed by atoms with Crippen molar-refractivity contribution in [3.8, 4) is 0 Å². The van der Waals surface area contributed by atoms with Crippen LogP contribution in [0.5, 0.6) is 0 Å². The molecule has 1 aliphatic rings. The minimum atomic E-state index is -5.68. The number of aromatic nitrogens is 4. The predicted octanol–water partition coefficient (Wildman–Crippen LogP) is -0.461. The normalized spacial score (nSPS) is 26.1. The van der Waals surface area contributed by atoms with Gasteiger partial charge in [0, 0.05) is 6.42 Å². The Hall–Kier alpha value is -1.39. The van der Waals surface area contributed by atoms with Crippen LogP contribution in [0.4, 0.5) is 10.2 Å². The Morgan fingerprint density at radius 2 is 1.87 bits per heavy atom. The van der Waals surface area contributed by atoms with E-state index in [-0.39, 0.29) is 23.4 Å². The van der Waals surface area contributed by atoms with Crippen molar-refractivity contribution in [1.29, 1.82) is 0 Å². The molecule has 0 amide bonds. The Labute approximate surface area is 171 Å². The molecule has 0 aromatic carbocycles. The van der Waals surface area contributed by atoms with Gasteiger partial charge in [-0.05, 0) is 0 Å². The molecule has 3 rings (SSSR count). The van der Waals surface area contributed by atoms with Crippen molar-refractivity contribution < 1.29 is 60.6 Å². The molecule has 17 nitrogen and oxygen atoms in total. The smallest absolute Gasteiger partial charge is 0.390 e. The van der Waals surface area contributed by atoms with Gasteiger partial charge in [-0.1, -0.05) is 0 Å². The van der Waals surface area contributed by atoms with Gasteiger partial charge in [0.1, 0.15) is 12.3 Å². The van der Waals surface area contributed by atoms with Gasteiger partial charge in [0.2, 0.25) is 0 Å². The van der Waals surface area contributed by atoms with Gasteiger partial charge in [0.25, 0.3) is 0 Å². The van der Waals surface area contributed by atoms with Crippen LogP contribution < -0.4 is 5.73 Å². The number of nitrogens with two attached hydrogens (primary N) is 1. The van der Waals surface area contributed by atoms with Crippen molar-refractivity contribution in [2.75, 3.05) is 12.3 Å². The van der Waals surface area contributed by atoms with Crippen LogP contribution in [-0.2, 0) is 31.6 Å². The summed E-state index contributed by atoms with van der Waals surface area (Å²) in [6, 6.07) is 0. The van der Waals surface area contributed by atoms with E-state index in [1.54, 1.807) is 0 Å². The number of anilines is 1. The lowest BCUT2D eigenvalue weighted by atomic mass is 10.2. The van der Waals surface area contributed by atoms with Crippen LogP contribution in [0.25, 0.3) is 11.2 Å². The Balaban J connectivity index is 1.66. The van der Waals surface area contributed by atoms with Crippen molar-refractivity contribution in [2.24, 2.45) is 0 Å². The van der Waals surface area contributed by atoms with E-state index in [9.17, 15) is 28.1 Å². The molecule has 2 unspecified atom stereocenters. The van der Waals surface area contributed by atoms with Gasteiger partial charge in [0.05, 0.1) is 19.0 Å². The molecule has 1 aliphatic heterocycles. The van der Waals surface area contributed by atoms with Crippen molar-refractivity contribution in [2.45, 2.75) is 24.9 Å². The van der Waals surface area contributed by atoms with Crippen LogP contribution in [0.15, 0.2) is 6.33 Å². The lowest BCUT2D eigenvalue weighted by Crippen LogP contribution is -2.26. The lowest BCUT2D eigenvalue weighted by Gasteiger charge is -2.19. The third-order valence-corrected chi connectivity index (χ3v) is 7.56. The minimum absolute atomic E-state index is 0.0456. The van der Waals surface area contributed by atoms with Crippen LogP contribution >= 0.6 is 23.5 Å². The number of hydrogen-bond donors (Lipinski definition) is 6. The number of phosphoric ester groups is 1. The van der Waals surface area contributed by atoms with Crippen molar-refractivity contribution in [3.63, 3.8) is 0 Å². The van der Waals surface area contributed by atoms with E-state index >= 15 is 0 Å². The summed E-state index contributed by atoms with van der Waals surface area (Å²) in [7, 11) is -16.6. The summed E-state index contributed by atoms with van der Waals surface area (Å²) in [4.78, 5) is 46.3. The molecule has 1 saturated heterocycles. The van der Waals surface area contributed by atoms with Crippen molar-refractivity contribution >= 4 is 40.4 Å². The SMILES string of the molecule is Nc1nc(F)nc2c1ncn2[C@H]1C[C@H](O)[C@@H](COP(=O)(O)OP(=O)(O)OP(=O)(O)O)O1. The Kier molecular flexibility index (Phi) is 6.66. The van der Waals surface area contributed by atoms with E-state index in [1.165, 1.54) is 10.9 Å². The van der Waals surface area contributed by atoms with Crippen LogP contribution in [0.3, 0.4) is 0 Å². The molecule has 0 aliphatic carbocycles. The van der Waals surface area contributed by atoms with Crippen LogP contribution in [-0.4, -0.2) is 63.0 Å². The summed E-state index contributed by atoms with van der Waals surface area (Å²) in [6.45, 7) is -0.862. The number of nitrogens with zero attached hydrogens (tertiary/aromatic N) is 4. The number of rotatable bonds is 8. The second kappa shape index (κ2) is 8.51. The largest absolute Gasteiger partial charge is 0.490 e. The summed E-state index contributed by atoms with van der Waals surface area (Å²) >= 11 is 0. The number of aliphatic hydroxyl groups is 1. The molecule has 0 bridgehead atoms. The fourth-order valence-electron chi connectivity index (χ4n) is 2.63. The first kappa shape index (κ1) is 24.3. The molecule has 5 atom stereocenters. The number of phosphoric acid groups is 3. The highest BCUT2D eigenvalue weighted by atomic mass is 31.3. The minimum Gasteiger partial charge on any atom is -0.390 e. The molecule has 0 saturated carbocycles. The first-order valence-electron chi connectivity index (χ1n) is 7.93. The van der Waals surface area contributed by atoms with E-state index in [0.717, 1.165) is 0 Å². The number of hydrogen-bond acceptors (Lipinski definition) is 12. The zero-order valence-corrected chi connectivity index (χ0v) is 17.6. The van der Waals surface area contributed by atoms with Gasteiger partial charge in [0.15, 0.2) is 17.0 Å². The number of imidazole rings is 1. The maximum atomic E-state index is 13.5. The Morgan fingerprint density at radius 1 is 1.19 bits per heavy atom. The second-order valence-corrected chi connectivity index (χ2v) is 10.4. The number of nitrogen functional groups attached to an aromatic ring is 1.